The van der Waals surface area contributed by atoms with Gasteiger partial charge in [0, 0.05) is 38.2 Å². The molecule has 1 aromatic carbocycles. The van der Waals surface area contributed by atoms with E-state index in [0.717, 1.165) is 24.2 Å². The summed E-state index contributed by atoms with van der Waals surface area (Å²) in [5, 5.41) is 3.89. The van der Waals surface area contributed by atoms with Crippen LogP contribution >= 0.6 is 11.6 Å². The van der Waals surface area contributed by atoms with E-state index in [4.69, 9.17) is 21.1 Å². The fourth-order valence-electron chi connectivity index (χ4n) is 1.82. The average molecular weight is 307 g/mol. The van der Waals surface area contributed by atoms with Crippen LogP contribution in [0.1, 0.15) is 11.1 Å². The van der Waals surface area contributed by atoms with Crippen LogP contribution in [-0.2, 0) is 17.9 Å². The zero-order valence-corrected chi connectivity index (χ0v) is 12.8. The van der Waals surface area contributed by atoms with E-state index in [1.807, 2.05) is 30.3 Å². The standard InChI is InChI=1S/C16H19ClN2O2/c1-20-8-7-19-10-13-4-5-16(15(17)9-13)21-12-14-3-2-6-18-11-14/h2-6,9,11,19H,7-8,10,12H2,1H3. The van der Waals surface area contributed by atoms with Gasteiger partial charge in [0.25, 0.3) is 0 Å². The molecule has 0 fully saturated rings. The maximum absolute atomic E-state index is 6.24. The van der Waals surface area contributed by atoms with Gasteiger partial charge in [-0.05, 0) is 23.8 Å². The largest absolute Gasteiger partial charge is 0.487 e. The molecule has 0 aliphatic carbocycles. The minimum absolute atomic E-state index is 0.457. The van der Waals surface area contributed by atoms with Crippen molar-refractivity contribution >= 4 is 11.6 Å². The van der Waals surface area contributed by atoms with Crippen LogP contribution in [0.2, 0.25) is 5.02 Å². The predicted octanol–water partition coefficient (Wildman–Crippen LogP) is 3.05. The van der Waals surface area contributed by atoms with Crippen LogP contribution in [0.4, 0.5) is 0 Å². The van der Waals surface area contributed by atoms with E-state index in [9.17, 15) is 0 Å². The number of pyridine rings is 1. The molecule has 0 spiro atoms. The lowest BCUT2D eigenvalue weighted by molar-refractivity contribution is 0.199. The highest BCUT2D eigenvalue weighted by Gasteiger charge is 2.04. The van der Waals surface area contributed by atoms with Crippen LogP contribution in [0.3, 0.4) is 0 Å². The SMILES string of the molecule is COCCNCc1ccc(OCc2cccnc2)c(Cl)c1. The summed E-state index contributed by atoms with van der Waals surface area (Å²) in [5.41, 5.74) is 2.13. The number of halogens is 1. The first-order chi connectivity index (χ1) is 10.3. The van der Waals surface area contributed by atoms with E-state index in [0.29, 0.717) is 24.0 Å². The Morgan fingerprint density at radius 1 is 1.24 bits per heavy atom. The fourth-order valence-corrected chi connectivity index (χ4v) is 2.08. The van der Waals surface area contributed by atoms with Crippen LogP contribution in [0.25, 0.3) is 0 Å². The van der Waals surface area contributed by atoms with Gasteiger partial charge in [0.2, 0.25) is 0 Å². The number of hydrogen-bond donors (Lipinski definition) is 1. The topological polar surface area (TPSA) is 43.4 Å². The Hall–Kier alpha value is -1.62. The summed E-state index contributed by atoms with van der Waals surface area (Å²) < 4.78 is 10.7. The summed E-state index contributed by atoms with van der Waals surface area (Å²) in [7, 11) is 1.69. The first-order valence-corrected chi connectivity index (χ1v) is 7.17. The highest BCUT2D eigenvalue weighted by Crippen LogP contribution is 2.26. The third-order valence-corrected chi connectivity index (χ3v) is 3.22. The van der Waals surface area contributed by atoms with E-state index >= 15 is 0 Å². The molecule has 1 aromatic heterocycles. The monoisotopic (exact) mass is 306 g/mol. The van der Waals surface area contributed by atoms with Crippen molar-refractivity contribution in [3.63, 3.8) is 0 Å². The van der Waals surface area contributed by atoms with E-state index < -0.39 is 0 Å². The van der Waals surface area contributed by atoms with E-state index in [-0.39, 0.29) is 0 Å². The maximum atomic E-state index is 6.24. The lowest BCUT2D eigenvalue weighted by Crippen LogP contribution is -2.18. The Morgan fingerprint density at radius 3 is 2.86 bits per heavy atom. The molecule has 4 nitrogen and oxygen atoms in total. The van der Waals surface area contributed by atoms with Gasteiger partial charge in [-0.25, -0.2) is 0 Å². The van der Waals surface area contributed by atoms with Crippen molar-refractivity contribution in [2.45, 2.75) is 13.2 Å². The van der Waals surface area contributed by atoms with Crippen LogP contribution in [-0.4, -0.2) is 25.2 Å². The van der Waals surface area contributed by atoms with Crippen molar-refractivity contribution in [2.75, 3.05) is 20.3 Å². The van der Waals surface area contributed by atoms with E-state index in [1.165, 1.54) is 0 Å². The third kappa shape index (κ3) is 5.34. The average Bonchev–Trinajstić information content (AvgIpc) is 2.52. The number of rotatable bonds is 8. The first kappa shape index (κ1) is 15.8. The van der Waals surface area contributed by atoms with Crippen LogP contribution in [0, 0.1) is 0 Å². The van der Waals surface area contributed by atoms with Gasteiger partial charge in [-0.2, -0.15) is 0 Å². The number of nitrogens with one attached hydrogen (secondary N) is 1. The summed E-state index contributed by atoms with van der Waals surface area (Å²) in [4.78, 5) is 4.05. The molecule has 1 N–H and O–H groups in total. The molecule has 112 valence electrons. The number of nitrogens with zero attached hydrogens (tertiary/aromatic N) is 1. The number of methoxy groups -OCH3 is 1. The molecular weight excluding hydrogens is 288 g/mol. The van der Waals surface area contributed by atoms with Gasteiger partial charge in [-0.3, -0.25) is 4.98 Å². The smallest absolute Gasteiger partial charge is 0.138 e. The maximum Gasteiger partial charge on any atom is 0.138 e. The van der Waals surface area contributed by atoms with Gasteiger partial charge in [-0.1, -0.05) is 23.7 Å². The molecule has 0 atom stereocenters. The normalized spacial score (nSPS) is 10.6. The van der Waals surface area contributed by atoms with Crippen molar-refractivity contribution in [2.24, 2.45) is 0 Å². The van der Waals surface area contributed by atoms with Gasteiger partial charge in [0.05, 0.1) is 11.6 Å². The lowest BCUT2D eigenvalue weighted by atomic mass is 10.2. The minimum atomic E-state index is 0.457. The zero-order valence-electron chi connectivity index (χ0n) is 12.0. The number of hydrogen-bond acceptors (Lipinski definition) is 4. The Morgan fingerprint density at radius 2 is 2.14 bits per heavy atom. The molecule has 0 bridgehead atoms. The molecule has 0 unspecified atom stereocenters. The van der Waals surface area contributed by atoms with Crippen LogP contribution < -0.4 is 10.1 Å². The molecule has 2 aromatic rings. The molecule has 0 amide bonds. The highest BCUT2D eigenvalue weighted by atomic mass is 35.5. The van der Waals surface area contributed by atoms with Crippen LogP contribution in [0.5, 0.6) is 5.75 Å². The van der Waals surface area contributed by atoms with Gasteiger partial charge >= 0.3 is 0 Å². The number of aromatic nitrogens is 1. The molecule has 0 saturated carbocycles. The van der Waals surface area contributed by atoms with Crippen LogP contribution in [0.15, 0.2) is 42.7 Å². The summed E-state index contributed by atoms with van der Waals surface area (Å²) in [6.45, 7) is 2.72. The third-order valence-electron chi connectivity index (χ3n) is 2.93. The Bertz CT molecular complexity index is 549. The molecular formula is C16H19ClN2O2. The molecule has 0 radical (unpaired) electrons. The van der Waals surface area contributed by atoms with E-state index in [1.54, 1.807) is 19.5 Å². The molecule has 0 saturated heterocycles. The quantitative estimate of drug-likeness (QED) is 0.761. The van der Waals surface area contributed by atoms with Crippen molar-refractivity contribution in [3.05, 3.63) is 58.9 Å². The Labute approximate surface area is 130 Å². The van der Waals surface area contributed by atoms with Gasteiger partial charge in [0.15, 0.2) is 0 Å². The van der Waals surface area contributed by atoms with Crippen molar-refractivity contribution < 1.29 is 9.47 Å². The Kier molecular flexibility index (Phi) is 6.47. The molecule has 21 heavy (non-hydrogen) atoms. The highest BCUT2D eigenvalue weighted by molar-refractivity contribution is 6.32. The molecule has 5 heteroatoms. The van der Waals surface area contributed by atoms with Crippen molar-refractivity contribution in [1.82, 2.24) is 10.3 Å². The summed E-state index contributed by atoms with van der Waals surface area (Å²) in [5.74, 6) is 0.682. The molecule has 0 aliphatic heterocycles. The van der Waals surface area contributed by atoms with Crippen molar-refractivity contribution in [1.29, 1.82) is 0 Å². The van der Waals surface area contributed by atoms with Crippen molar-refractivity contribution in [3.8, 4) is 5.75 Å². The fraction of sp³-hybridized carbons (Fsp3) is 0.312. The summed E-state index contributed by atoms with van der Waals surface area (Å²) in [6, 6.07) is 9.67. The summed E-state index contributed by atoms with van der Waals surface area (Å²) in [6.07, 6.45) is 3.52. The number of ether oxygens (including phenoxy) is 2. The second-order valence-electron chi connectivity index (χ2n) is 4.58. The molecule has 1 heterocycles. The van der Waals surface area contributed by atoms with Gasteiger partial charge in [-0.15, -0.1) is 0 Å². The molecule has 0 aliphatic rings. The first-order valence-electron chi connectivity index (χ1n) is 6.79. The lowest BCUT2D eigenvalue weighted by Gasteiger charge is -2.10. The van der Waals surface area contributed by atoms with E-state index in [2.05, 4.69) is 10.3 Å². The Balaban J connectivity index is 1.87. The second-order valence-corrected chi connectivity index (χ2v) is 4.99. The predicted molar refractivity (Wildman–Crippen MR) is 83.6 cm³/mol. The zero-order chi connectivity index (χ0) is 14.9. The second kappa shape index (κ2) is 8.62. The molecule has 2 rings (SSSR count). The summed E-state index contributed by atoms with van der Waals surface area (Å²) >= 11 is 6.24. The van der Waals surface area contributed by atoms with Gasteiger partial charge in [0.1, 0.15) is 12.4 Å². The van der Waals surface area contributed by atoms with Gasteiger partial charge < -0.3 is 14.8 Å². The minimum Gasteiger partial charge on any atom is -0.487 e. The number of benzene rings is 1.